The summed E-state index contributed by atoms with van der Waals surface area (Å²) in [6, 6.07) is 12.5. The van der Waals surface area contributed by atoms with Crippen LogP contribution in [0.5, 0.6) is 0 Å². The first-order chi connectivity index (χ1) is 17.3. The van der Waals surface area contributed by atoms with E-state index in [0.717, 1.165) is 27.9 Å². The molecule has 2 amide bonds. The molecule has 0 saturated heterocycles. The lowest BCUT2D eigenvalue weighted by atomic mass is 10.1. The smallest absolute Gasteiger partial charge is 0.291 e. The molecule has 10 heteroatoms. The number of pyridine rings is 2. The maximum Gasteiger partial charge on any atom is 0.291 e. The Bertz CT molecular complexity index is 1540. The summed E-state index contributed by atoms with van der Waals surface area (Å²) in [5.41, 5.74) is 10.8. The van der Waals surface area contributed by atoms with Crippen molar-refractivity contribution >= 4 is 23.3 Å². The molecule has 0 spiro atoms. The van der Waals surface area contributed by atoms with E-state index in [2.05, 4.69) is 20.6 Å². The third-order valence-electron chi connectivity index (χ3n) is 6.23. The van der Waals surface area contributed by atoms with Crippen LogP contribution in [-0.4, -0.2) is 30.9 Å². The number of nitrogens with zero attached hydrogens (tertiary/aromatic N) is 4. The van der Waals surface area contributed by atoms with E-state index in [0.29, 0.717) is 24.6 Å². The Labute approximate surface area is 206 Å². The summed E-state index contributed by atoms with van der Waals surface area (Å²) in [5.74, 6) is -0.205. The number of carbonyl (C=O) groups is 2. The Morgan fingerprint density at radius 1 is 1.14 bits per heavy atom. The van der Waals surface area contributed by atoms with E-state index in [1.807, 2.05) is 32.0 Å². The van der Waals surface area contributed by atoms with Gasteiger partial charge in [0.25, 0.3) is 17.4 Å². The number of amides is 2. The summed E-state index contributed by atoms with van der Waals surface area (Å²) in [6.45, 7) is 4.79. The molecule has 0 bridgehead atoms. The van der Waals surface area contributed by atoms with E-state index in [4.69, 9.17) is 5.73 Å². The molecule has 1 aliphatic rings. The van der Waals surface area contributed by atoms with Gasteiger partial charge in [0.05, 0.1) is 13.1 Å². The maximum absolute atomic E-state index is 12.9. The van der Waals surface area contributed by atoms with Crippen LogP contribution in [0.4, 0.5) is 11.5 Å². The molecule has 10 nitrogen and oxygen atoms in total. The van der Waals surface area contributed by atoms with Gasteiger partial charge in [-0.1, -0.05) is 18.2 Å². The Morgan fingerprint density at radius 3 is 2.75 bits per heavy atom. The average molecular weight is 484 g/mol. The monoisotopic (exact) mass is 483 g/mol. The van der Waals surface area contributed by atoms with Gasteiger partial charge in [-0.05, 0) is 54.3 Å². The van der Waals surface area contributed by atoms with Gasteiger partial charge < -0.3 is 25.5 Å². The number of carbonyl (C=O) groups excluding carboxylic acids is 2. The molecule has 182 valence electrons. The molecule has 0 unspecified atom stereocenters. The van der Waals surface area contributed by atoms with E-state index < -0.39 is 5.91 Å². The van der Waals surface area contributed by atoms with Crippen molar-refractivity contribution in [1.29, 1.82) is 0 Å². The number of rotatable bonds is 5. The molecule has 0 radical (unpaired) electrons. The summed E-state index contributed by atoms with van der Waals surface area (Å²) in [5, 5.41) is 5.74. The van der Waals surface area contributed by atoms with Crippen LogP contribution >= 0.6 is 0 Å². The van der Waals surface area contributed by atoms with Gasteiger partial charge in [-0.3, -0.25) is 14.4 Å². The zero-order valence-corrected chi connectivity index (χ0v) is 19.9. The fourth-order valence-corrected chi connectivity index (χ4v) is 4.37. The van der Waals surface area contributed by atoms with Crippen LogP contribution < -0.4 is 21.9 Å². The summed E-state index contributed by atoms with van der Waals surface area (Å²) in [4.78, 5) is 46.3. The topological polar surface area (TPSA) is 137 Å². The number of hydrogen-bond acceptors (Lipinski definition) is 6. The van der Waals surface area contributed by atoms with Gasteiger partial charge in [-0.2, -0.15) is 0 Å². The van der Waals surface area contributed by atoms with E-state index in [9.17, 15) is 14.4 Å². The van der Waals surface area contributed by atoms with E-state index in [1.54, 1.807) is 39.7 Å². The van der Waals surface area contributed by atoms with Gasteiger partial charge in [0.2, 0.25) is 0 Å². The first-order valence-corrected chi connectivity index (χ1v) is 11.4. The minimum Gasteiger partial charge on any atom is -0.384 e. The number of hydrogen-bond donors (Lipinski definition) is 3. The normalized spacial score (nSPS) is 12.3. The summed E-state index contributed by atoms with van der Waals surface area (Å²) in [7, 11) is 0. The van der Waals surface area contributed by atoms with Gasteiger partial charge in [0, 0.05) is 36.4 Å². The molecule has 5 rings (SSSR count). The van der Waals surface area contributed by atoms with Crippen LogP contribution in [0.15, 0.2) is 59.7 Å². The lowest BCUT2D eigenvalue weighted by Crippen LogP contribution is -2.24. The summed E-state index contributed by atoms with van der Waals surface area (Å²) in [6.07, 6.45) is 3.30. The molecule has 1 aliphatic heterocycles. The maximum atomic E-state index is 12.9. The van der Waals surface area contributed by atoms with Crippen LogP contribution in [0.3, 0.4) is 0 Å². The molecule has 36 heavy (non-hydrogen) atoms. The Balaban J connectivity index is 1.34. The number of nitrogen functional groups attached to an aromatic ring is 1. The fourth-order valence-electron chi connectivity index (χ4n) is 4.37. The second-order valence-electron chi connectivity index (χ2n) is 8.80. The number of benzene rings is 1. The number of nitrogens with two attached hydrogens (primary N) is 1. The first kappa shape index (κ1) is 23.0. The fraction of sp³-hybridized carbons (Fsp3) is 0.192. The Kier molecular flexibility index (Phi) is 5.85. The highest BCUT2D eigenvalue weighted by molar-refractivity contribution is 6.04. The van der Waals surface area contributed by atoms with Gasteiger partial charge in [-0.15, -0.1) is 0 Å². The standard InChI is InChI=1S/C26H25N7O3/c1-15-9-22(27)29-16(2)19(15)11-28-25(35)21-14-33-13-18-7-6-17(12-32-8-4-3-5-23(32)34)10-20(18)31-26(36)24(33)30-21/h3-10,14H,11-13H2,1-2H3,(H2,27,29)(H,28,35)(H,31,36). The Morgan fingerprint density at radius 2 is 1.97 bits per heavy atom. The Hall–Kier alpha value is -4.73. The lowest BCUT2D eigenvalue weighted by molar-refractivity contribution is 0.0946. The lowest BCUT2D eigenvalue weighted by Gasteiger charge is -2.11. The third kappa shape index (κ3) is 4.48. The third-order valence-corrected chi connectivity index (χ3v) is 6.23. The number of anilines is 2. The molecule has 4 N–H and O–H groups in total. The van der Waals surface area contributed by atoms with Gasteiger partial charge in [0.15, 0.2) is 5.82 Å². The van der Waals surface area contributed by atoms with Crippen molar-refractivity contribution in [3.05, 3.63) is 105 Å². The predicted molar refractivity (Wildman–Crippen MR) is 135 cm³/mol. The van der Waals surface area contributed by atoms with Gasteiger partial charge >= 0.3 is 0 Å². The number of aryl methyl sites for hydroxylation is 2. The van der Waals surface area contributed by atoms with Crippen molar-refractivity contribution in [3.63, 3.8) is 0 Å². The van der Waals surface area contributed by atoms with Crippen molar-refractivity contribution in [2.75, 3.05) is 11.1 Å². The van der Waals surface area contributed by atoms with Crippen molar-refractivity contribution < 1.29 is 9.59 Å². The number of nitrogens with one attached hydrogen (secondary N) is 2. The highest BCUT2D eigenvalue weighted by Gasteiger charge is 2.24. The van der Waals surface area contributed by atoms with Crippen molar-refractivity contribution in [3.8, 4) is 0 Å². The number of aromatic nitrogens is 4. The molecular formula is C26H25N7O3. The van der Waals surface area contributed by atoms with Gasteiger partial charge in [-0.25, -0.2) is 9.97 Å². The van der Waals surface area contributed by atoms with E-state index in [1.165, 1.54) is 6.07 Å². The minimum absolute atomic E-state index is 0.0969. The SMILES string of the molecule is Cc1cc(N)nc(C)c1CNC(=O)c1cn2c(n1)C(=O)Nc1cc(Cn3ccccc3=O)ccc1C2. The molecule has 4 aromatic rings. The highest BCUT2D eigenvalue weighted by Crippen LogP contribution is 2.24. The van der Waals surface area contributed by atoms with E-state index >= 15 is 0 Å². The van der Waals surface area contributed by atoms with Crippen LogP contribution in [0.2, 0.25) is 0 Å². The summed E-state index contributed by atoms with van der Waals surface area (Å²) >= 11 is 0. The molecule has 0 fully saturated rings. The van der Waals surface area contributed by atoms with Crippen molar-refractivity contribution in [1.82, 2.24) is 24.4 Å². The second kappa shape index (κ2) is 9.14. The quantitative estimate of drug-likeness (QED) is 0.398. The molecule has 4 heterocycles. The molecule has 0 atom stereocenters. The molecule has 3 aromatic heterocycles. The zero-order chi connectivity index (χ0) is 25.4. The number of fused-ring (bicyclic) bond motifs is 2. The van der Waals surface area contributed by atoms with Crippen LogP contribution in [0, 0.1) is 13.8 Å². The van der Waals surface area contributed by atoms with Crippen molar-refractivity contribution in [2.24, 2.45) is 0 Å². The van der Waals surface area contributed by atoms with Crippen molar-refractivity contribution in [2.45, 2.75) is 33.5 Å². The predicted octanol–water partition coefficient (Wildman–Crippen LogP) is 2.23. The number of imidazole rings is 1. The first-order valence-electron chi connectivity index (χ1n) is 11.4. The van der Waals surface area contributed by atoms with Crippen LogP contribution in [0.1, 0.15) is 49.1 Å². The molecule has 0 saturated carbocycles. The zero-order valence-electron chi connectivity index (χ0n) is 19.9. The van der Waals surface area contributed by atoms with E-state index in [-0.39, 0.29) is 29.5 Å². The molecular weight excluding hydrogens is 458 g/mol. The summed E-state index contributed by atoms with van der Waals surface area (Å²) < 4.78 is 3.26. The average Bonchev–Trinajstić information content (AvgIpc) is 3.20. The largest absolute Gasteiger partial charge is 0.384 e. The van der Waals surface area contributed by atoms with Crippen LogP contribution in [0.25, 0.3) is 0 Å². The van der Waals surface area contributed by atoms with Gasteiger partial charge in [0.1, 0.15) is 11.5 Å². The second-order valence-corrected chi connectivity index (χ2v) is 8.80. The van der Waals surface area contributed by atoms with Crippen LogP contribution in [-0.2, 0) is 19.6 Å². The molecule has 0 aliphatic carbocycles. The highest BCUT2D eigenvalue weighted by atomic mass is 16.2. The molecule has 1 aromatic carbocycles. The minimum atomic E-state index is -0.406.